The van der Waals surface area contributed by atoms with Crippen molar-refractivity contribution in [3.63, 3.8) is 0 Å². The molecule has 0 saturated heterocycles. The maximum Gasteiger partial charge on any atom is 0.233 e. The van der Waals surface area contributed by atoms with E-state index in [-0.39, 0.29) is 11.2 Å². The predicted molar refractivity (Wildman–Crippen MR) is 37.0 cm³/mol. The first kappa shape index (κ1) is 7.35. The van der Waals surface area contributed by atoms with Gasteiger partial charge in [-0.3, -0.25) is 0 Å². The second-order valence-electron chi connectivity index (χ2n) is 2.99. The van der Waals surface area contributed by atoms with Gasteiger partial charge in [0.2, 0.25) is 9.05 Å². The Balaban J connectivity index is 2.53. The van der Waals surface area contributed by atoms with Gasteiger partial charge in [-0.1, -0.05) is 6.92 Å². The zero-order valence-electron chi connectivity index (χ0n) is 5.22. The summed E-state index contributed by atoms with van der Waals surface area (Å²) in [5.74, 6) is 0.140. The molecule has 0 aromatic carbocycles. The summed E-state index contributed by atoms with van der Waals surface area (Å²) in [6.45, 7) is 1.94. The second kappa shape index (κ2) is 1.86. The van der Waals surface area contributed by atoms with E-state index in [1.165, 1.54) is 0 Å². The van der Waals surface area contributed by atoms with Crippen molar-refractivity contribution >= 4 is 19.7 Å². The third kappa shape index (κ3) is 2.54. The molecule has 0 spiro atoms. The summed E-state index contributed by atoms with van der Waals surface area (Å²) in [6, 6.07) is 0. The highest BCUT2D eigenvalue weighted by Gasteiger charge is 2.40. The first-order valence-corrected chi connectivity index (χ1v) is 5.32. The quantitative estimate of drug-likeness (QED) is 0.584. The van der Waals surface area contributed by atoms with Crippen molar-refractivity contribution in [1.29, 1.82) is 0 Å². The van der Waals surface area contributed by atoms with Gasteiger partial charge in [0.1, 0.15) is 0 Å². The molecule has 0 aromatic heterocycles. The molecule has 9 heavy (non-hydrogen) atoms. The standard InChI is InChI=1S/C5H9ClO2S/c1-5(2-3-5)4-9(6,7)8/h2-4H2,1H3. The van der Waals surface area contributed by atoms with E-state index in [0.29, 0.717) is 0 Å². The minimum Gasteiger partial charge on any atom is -0.212 e. The summed E-state index contributed by atoms with van der Waals surface area (Å²) in [4.78, 5) is 0. The second-order valence-corrected chi connectivity index (χ2v) is 5.77. The van der Waals surface area contributed by atoms with Crippen LogP contribution in [0.15, 0.2) is 0 Å². The van der Waals surface area contributed by atoms with Gasteiger partial charge in [-0.25, -0.2) is 8.42 Å². The average Bonchev–Trinajstić information content (AvgIpc) is 2.12. The Hall–Kier alpha value is 0.240. The fourth-order valence-corrected chi connectivity index (χ4v) is 2.69. The van der Waals surface area contributed by atoms with E-state index in [0.717, 1.165) is 12.8 Å². The van der Waals surface area contributed by atoms with Gasteiger partial charge in [-0.05, 0) is 18.3 Å². The van der Waals surface area contributed by atoms with Gasteiger partial charge < -0.3 is 0 Å². The Bertz CT molecular complexity index is 203. The zero-order valence-corrected chi connectivity index (χ0v) is 6.80. The number of rotatable bonds is 2. The van der Waals surface area contributed by atoms with E-state index >= 15 is 0 Å². The van der Waals surface area contributed by atoms with Gasteiger partial charge in [0.15, 0.2) is 0 Å². The van der Waals surface area contributed by atoms with E-state index in [9.17, 15) is 8.42 Å². The number of halogens is 1. The van der Waals surface area contributed by atoms with Gasteiger partial charge in [0.25, 0.3) is 0 Å². The van der Waals surface area contributed by atoms with Crippen molar-refractivity contribution in [2.24, 2.45) is 5.41 Å². The Morgan fingerprint density at radius 1 is 1.56 bits per heavy atom. The van der Waals surface area contributed by atoms with E-state index in [2.05, 4.69) is 0 Å². The van der Waals surface area contributed by atoms with Crippen LogP contribution in [0, 0.1) is 5.41 Å². The Labute approximate surface area is 59.6 Å². The van der Waals surface area contributed by atoms with Crippen molar-refractivity contribution in [1.82, 2.24) is 0 Å². The van der Waals surface area contributed by atoms with Crippen LogP contribution in [0.2, 0.25) is 0 Å². The van der Waals surface area contributed by atoms with E-state index in [1.807, 2.05) is 6.92 Å². The van der Waals surface area contributed by atoms with Crippen molar-refractivity contribution in [2.45, 2.75) is 19.8 Å². The number of hydrogen-bond acceptors (Lipinski definition) is 2. The summed E-state index contributed by atoms with van der Waals surface area (Å²) in [5.41, 5.74) is 0.0145. The summed E-state index contributed by atoms with van der Waals surface area (Å²) < 4.78 is 20.9. The van der Waals surface area contributed by atoms with Crippen LogP contribution in [0.4, 0.5) is 0 Å². The SMILES string of the molecule is CC1(CS(=O)(=O)Cl)CC1. The third-order valence-corrected chi connectivity index (χ3v) is 2.99. The average molecular weight is 169 g/mol. The van der Waals surface area contributed by atoms with Crippen LogP contribution in [0.1, 0.15) is 19.8 Å². The first-order valence-electron chi connectivity index (χ1n) is 2.84. The molecule has 0 heterocycles. The Morgan fingerprint density at radius 2 is 2.00 bits per heavy atom. The summed E-state index contributed by atoms with van der Waals surface area (Å²) in [7, 11) is 1.78. The molecule has 0 bridgehead atoms. The van der Waals surface area contributed by atoms with Crippen LogP contribution < -0.4 is 0 Å². The highest BCUT2D eigenvalue weighted by Crippen LogP contribution is 2.46. The van der Waals surface area contributed by atoms with Crippen LogP contribution in [0.25, 0.3) is 0 Å². The molecule has 1 aliphatic rings. The van der Waals surface area contributed by atoms with Crippen LogP contribution in [-0.4, -0.2) is 14.2 Å². The van der Waals surface area contributed by atoms with Gasteiger partial charge in [-0.15, -0.1) is 0 Å². The monoisotopic (exact) mass is 168 g/mol. The largest absolute Gasteiger partial charge is 0.233 e. The molecule has 4 heteroatoms. The minimum absolute atomic E-state index is 0.0145. The predicted octanol–water partition coefficient (Wildman–Crippen LogP) is 1.36. The van der Waals surface area contributed by atoms with E-state index < -0.39 is 9.05 Å². The molecule has 0 aliphatic heterocycles. The molecule has 0 atom stereocenters. The lowest BCUT2D eigenvalue weighted by Crippen LogP contribution is -2.07. The Morgan fingerprint density at radius 3 is 2.11 bits per heavy atom. The van der Waals surface area contributed by atoms with Crippen LogP contribution >= 0.6 is 10.7 Å². The smallest absolute Gasteiger partial charge is 0.212 e. The zero-order chi connectivity index (χ0) is 7.12. The van der Waals surface area contributed by atoms with Gasteiger partial charge in [0.05, 0.1) is 5.75 Å². The number of hydrogen-bond donors (Lipinski definition) is 0. The van der Waals surface area contributed by atoms with E-state index in [1.54, 1.807) is 0 Å². The van der Waals surface area contributed by atoms with Crippen LogP contribution in [-0.2, 0) is 9.05 Å². The van der Waals surface area contributed by atoms with Crippen molar-refractivity contribution in [2.75, 3.05) is 5.75 Å². The maximum atomic E-state index is 10.5. The van der Waals surface area contributed by atoms with Crippen molar-refractivity contribution in [3.8, 4) is 0 Å². The fraction of sp³-hybridized carbons (Fsp3) is 1.00. The molecular formula is C5H9ClO2S. The molecule has 0 unspecified atom stereocenters. The molecule has 0 radical (unpaired) electrons. The molecular weight excluding hydrogens is 160 g/mol. The molecule has 1 fully saturated rings. The third-order valence-electron chi connectivity index (χ3n) is 1.62. The van der Waals surface area contributed by atoms with E-state index in [4.69, 9.17) is 10.7 Å². The normalized spacial score (nSPS) is 23.8. The fourth-order valence-electron chi connectivity index (χ4n) is 0.774. The highest BCUT2D eigenvalue weighted by molar-refractivity contribution is 8.13. The lowest BCUT2D eigenvalue weighted by molar-refractivity contribution is 0.580. The lowest BCUT2D eigenvalue weighted by atomic mass is 10.2. The van der Waals surface area contributed by atoms with Gasteiger partial charge >= 0.3 is 0 Å². The van der Waals surface area contributed by atoms with Crippen LogP contribution in [0.5, 0.6) is 0 Å². The Kier molecular flexibility index (Phi) is 1.52. The lowest BCUT2D eigenvalue weighted by Gasteiger charge is -2.01. The summed E-state index contributed by atoms with van der Waals surface area (Å²) in [5, 5.41) is 0. The van der Waals surface area contributed by atoms with Gasteiger partial charge in [0, 0.05) is 10.7 Å². The molecule has 0 aromatic rings. The minimum atomic E-state index is -3.25. The van der Waals surface area contributed by atoms with Crippen LogP contribution in [0.3, 0.4) is 0 Å². The van der Waals surface area contributed by atoms with Gasteiger partial charge in [-0.2, -0.15) is 0 Å². The molecule has 1 rings (SSSR count). The van der Waals surface area contributed by atoms with Crippen molar-refractivity contribution in [3.05, 3.63) is 0 Å². The highest BCUT2D eigenvalue weighted by atomic mass is 35.7. The molecule has 0 N–H and O–H groups in total. The molecule has 1 aliphatic carbocycles. The molecule has 1 saturated carbocycles. The topological polar surface area (TPSA) is 34.1 Å². The summed E-state index contributed by atoms with van der Waals surface area (Å²) >= 11 is 0. The molecule has 0 amide bonds. The summed E-state index contributed by atoms with van der Waals surface area (Å²) in [6.07, 6.45) is 2.00. The first-order chi connectivity index (χ1) is 3.91. The molecule has 2 nitrogen and oxygen atoms in total. The van der Waals surface area contributed by atoms with Crippen molar-refractivity contribution < 1.29 is 8.42 Å². The molecule has 54 valence electrons. The maximum absolute atomic E-state index is 10.5.